The predicted molar refractivity (Wildman–Crippen MR) is 67.3 cm³/mol. The van der Waals surface area contributed by atoms with E-state index in [0.717, 1.165) is 17.7 Å². The highest BCUT2D eigenvalue weighted by Gasteiger charge is 2.19. The highest BCUT2D eigenvalue weighted by Crippen LogP contribution is 2.23. The van der Waals surface area contributed by atoms with Crippen molar-refractivity contribution >= 4 is 5.78 Å². The third-order valence-corrected chi connectivity index (χ3v) is 2.54. The van der Waals surface area contributed by atoms with E-state index in [1.165, 1.54) is 0 Å². The van der Waals surface area contributed by atoms with Crippen molar-refractivity contribution in [1.29, 1.82) is 0 Å². The lowest BCUT2D eigenvalue weighted by Gasteiger charge is -2.16. The molecule has 17 heavy (non-hydrogen) atoms. The van der Waals surface area contributed by atoms with Gasteiger partial charge < -0.3 is 9.47 Å². The third kappa shape index (κ3) is 3.86. The minimum absolute atomic E-state index is 0.138. The maximum absolute atomic E-state index is 11.9. The molecule has 1 rings (SSSR count). The topological polar surface area (TPSA) is 35.5 Å². The highest BCUT2D eigenvalue weighted by atomic mass is 16.5. The normalized spacial score (nSPS) is 12.2. The van der Waals surface area contributed by atoms with Crippen LogP contribution in [-0.2, 0) is 9.53 Å². The first-order chi connectivity index (χ1) is 8.22. The second-order valence-corrected chi connectivity index (χ2v) is 3.82. The van der Waals surface area contributed by atoms with Gasteiger partial charge in [-0.15, -0.1) is 0 Å². The molecule has 94 valence electrons. The summed E-state index contributed by atoms with van der Waals surface area (Å²) < 4.78 is 10.6. The minimum Gasteiger partial charge on any atom is -0.497 e. The SMILES string of the molecule is CCCC(=O)C(OCC)c1ccc(OC)cc1. The second-order valence-electron chi connectivity index (χ2n) is 3.82. The van der Waals surface area contributed by atoms with Gasteiger partial charge in [-0.1, -0.05) is 19.1 Å². The van der Waals surface area contributed by atoms with Crippen LogP contribution in [0.4, 0.5) is 0 Å². The molecule has 1 unspecified atom stereocenters. The first-order valence-corrected chi connectivity index (χ1v) is 6.01. The van der Waals surface area contributed by atoms with Gasteiger partial charge >= 0.3 is 0 Å². The van der Waals surface area contributed by atoms with Crippen molar-refractivity contribution in [2.24, 2.45) is 0 Å². The number of hydrogen-bond acceptors (Lipinski definition) is 3. The van der Waals surface area contributed by atoms with Crippen molar-refractivity contribution in [3.63, 3.8) is 0 Å². The van der Waals surface area contributed by atoms with Crippen LogP contribution in [0.5, 0.6) is 5.75 Å². The van der Waals surface area contributed by atoms with Crippen molar-refractivity contribution in [3.05, 3.63) is 29.8 Å². The van der Waals surface area contributed by atoms with Gasteiger partial charge in [0.05, 0.1) is 7.11 Å². The number of rotatable bonds is 7. The maximum Gasteiger partial charge on any atom is 0.166 e. The van der Waals surface area contributed by atoms with Gasteiger partial charge in [0.15, 0.2) is 5.78 Å². The molecule has 0 N–H and O–H groups in total. The van der Waals surface area contributed by atoms with Crippen LogP contribution in [0.3, 0.4) is 0 Å². The van der Waals surface area contributed by atoms with Crippen LogP contribution in [0.25, 0.3) is 0 Å². The highest BCUT2D eigenvalue weighted by molar-refractivity contribution is 5.84. The summed E-state index contributed by atoms with van der Waals surface area (Å²) >= 11 is 0. The first-order valence-electron chi connectivity index (χ1n) is 6.01. The summed E-state index contributed by atoms with van der Waals surface area (Å²) in [6, 6.07) is 7.46. The molecule has 1 atom stereocenters. The van der Waals surface area contributed by atoms with Gasteiger partial charge in [-0.2, -0.15) is 0 Å². The number of carbonyl (C=O) groups excluding carboxylic acids is 1. The zero-order chi connectivity index (χ0) is 12.7. The predicted octanol–water partition coefficient (Wildman–Crippen LogP) is 3.14. The number of carbonyl (C=O) groups is 1. The molecule has 0 saturated heterocycles. The van der Waals surface area contributed by atoms with Gasteiger partial charge in [-0.25, -0.2) is 0 Å². The van der Waals surface area contributed by atoms with Gasteiger partial charge in [-0.3, -0.25) is 4.79 Å². The molecule has 0 amide bonds. The molecule has 1 aromatic rings. The smallest absolute Gasteiger partial charge is 0.166 e. The monoisotopic (exact) mass is 236 g/mol. The molecule has 3 heteroatoms. The Hall–Kier alpha value is -1.35. The number of Topliss-reactive ketones (excluding diaryl/α,β-unsaturated/α-hetero) is 1. The Bertz CT molecular complexity index is 343. The van der Waals surface area contributed by atoms with Crippen LogP contribution in [0.2, 0.25) is 0 Å². The van der Waals surface area contributed by atoms with Gasteiger partial charge in [-0.05, 0) is 31.0 Å². The summed E-state index contributed by atoms with van der Waals surface area (Å²) in [5.74, 6) is 0.923. The van der Waals surface area contributed by atoms with Crippen molar-refractivity contribution in [2.75, 3.05) is 13.7 Å². The summed E-state index contributed by atoms with van der Waals surface area (Å²) in [7, 11) is 1.62. The fourth-order valence-electron chi connectivity index (χ4n) is 1.70. The van der Waals surface area contributed by atoms with Crippen LogP contribution in [0.15, 0.2) is 24.3 Å². The number of ether oxygens (including phenoxy) is 2. The first kappa shape index (κ1) is 13.7. The van der Waals surface area contributed by atoms with E-state index in [-0.39, 0.29) is 5.78 Å². The Labute approximate surface area is 103 Å². The molecule has 0 aliphatic carbocycles. The fourth-order valence-corrected chi connectivity index (χ4v) is 1.70. The van der Waals surface area contributed by atoms with Gasteiger partial charge in [0.2, 0.25) is 0 Å². The van der Waals surface area contributed by atoms with Gasteiger partial charge in [0, 0.05) is 13.0 Å². The molecule has 0 saturated carbocycles. The van der Waals surface area contributed by atoms with E-state index < -0.39 is 6.10 Å². The minimum atomic E-state index is -0.439. The van der Waals surface area contributed by atoms with Crippen molar-refractivity contribution in [2.45, 2.75) is 32.8 Å². The third-order valence-electron chi connectivity index (χ3n) is 2.54. The molecular formula is C14H20O3. The molecule has 3 nitrogen and oxygen atoms in total. The Morgan fingerprint density at radius 3 is 2.35 bits per heavy atom. The van der Waals surface area contributed by atoms with E-state index in [1.807, 2.05) is 38.1 Å². The lowest BCUT2D eigenvalue weighted by atomic mass is 10.0. The second kappa shape index (κ2) is 7.07. The Morgan fingerprint density at radius 1 is 1.24 bits per heavy atom. The zero-order valence-electron chi connectivity index (χ0n) is 10.7. The zero-order valence-corrected chi connectivity index (χ0v) is 10.7. The molecule has 0 radical (unpaired) electrons. The van der Waals surface area contributed by atoms with E-state index in [9.17, 15) is 4.79 Å². The van der Waals surface area contributed by atoms with Gasteiger partial charge in [0.25, 0.3) is 0 Å². The molecule has 0 aliphatic rings. The van der Waals surface area contributed by atoms with Crippen LogP contribution in [0.1, 0.15) is 38.4 Å². The fraction of sp³-hybridized carbons (Fsp3) is 0.500. The number of benzene rings is 1. The number of ketones is 1. The van der Waals surface area contributed by atoms with E-state index >= 15 is 0 Å². The number of methoxy groups -OCH3 is 1. The van der Waals surface area contributed by atoms with Crippen LogP contribution < -0.4 is 4.74 Å². The summed E-state index contributed by atoms with van der Waals surface area (Å²) in [4.78, 5) is 11.9. The summed E-state index contributed by atoms with van der Waals surface area (Å²) in [6.07, 6.45) is 0.959. The molecule has 0 aliphatic heterocycles. The quantitative estimate of drug-likeness (QED) is 0.729. The van der Waals surface area contributed by atoms with E-state index in [1.54, 1.807) is 7.11 Å². The van der Waals surface area contributed by atoms with Gasteiger partial charge in [0.1, 0.15) is 11.9 Å². The molecule has 0 fully saturated rings. The Morgan fingerprint density at radius 2 is 1.88 bits per heavy atom. The Balaban J connectivity index is 2.84. The molecule has 0 spiro atoms. The molecule has 0 bridgehead atoms. The van der Waals surface area contributed by atoms with Crippen molar-refractivity contribution < 1.29 is 14.3 Å². The van der Waals surface area contributed by atoms with E-state index in [0.29, 0.717) is 13.0 Å². The maximum atomic E-state index is 11.9. The largest absolute Gasteiger partial charge is 0.497 e. The molecule has 1 aromatic carbocycles. The van der Waals surface area contributed by atoms with Crippen LogP contribution in [-0.4, -0.2) is 19.5 Å². The van der Waals surface area contributed by atoms with E-state index in [4.69, 9.17) is 9.47 Å². The lowest BCUT2D eigenvalue weighted by molar-refractivity contribution is -0.130. The average molecular weight is 236 g/mol. The van der Waals surface area contributed by atoms with E-state index in [2.05, 4.69) is 0 Å². The van der Waals surface area contributed by atoms with Crippen molar-refractivity contribution in [3.8, 4) is 5.75 Å². The summed E-state index contributed by atoms with van der Waals surface area (Å²) in [5.41, 5.74) is 0.895. The number of hydrogen-bond donors (Lipinski definition) is 0. The molecule has 0 heterocycles. The average Bonchev–Trinajstić information content (AvgIpc) is 2.36. The standard InChI is InChI=1S/C14H20O3/c1-4-6-13(15)14(17-5-2)11-7-9-12(16-3)10-8-11/h7-10,14H,4-6H2,1-3H3. The van der Waals surface area contributed by atoms with Crippen LogP contribution in [0, 0.1) is 0 Å². The summed E-state index contributed by atoms with van der Waals surface area (Å²) in [5, 5.41) is 0. The molecule has 0 aromatic heterocycles. The lowest BCUT2D eigenvalue weighted by Crippen LogP contribution is -2.15. The van der Waals surface area contributed by atoms with Crippen LogP contribution >= 0.6 is 0 Å². The Kier molecular flexibility index (Phi) is 5.70. The van der Waals surface area contributed by atoms with Crippen molar-refractivity contribution in [1.82, 2.24) is 0 Å². The molecular weight excluding hydrogens is 216 g/mol. The summed E-state index contributed by atoms with van der Waals surface area (Å²) in [6.45, 7) is 4.43.